The van der Waals surface area contributed by atoms with Crippen LogP contribution in [-0.4, -0.2) is 11.9 Å². The van der Waals surface area contributed by atoms with E-state index in [4.69, 9.17) is 9.47 Å². The minimum absolute atomic E-state index is 0.254. The zero-order valence-corrected chi connectivity index (χ0v) is 21.9. The summed E-state index contributed by atoms with van der Waals surface area (Å²) in [6, 6.07) is 30.6. The van der Waals surface area contributed by atoms with Crippen molar-refractivity contribution >= 4 is 11.9 Å². The number of rotatable bonds is 6. The van der Waals surface area contributed by atoms with Gasteiger partial charge >= 0.3 is 11.9 Å². The van der Waals surface area contributed by atoms with Crippen LogP contribution < -0.4 is 9.47 Å². The SMILES string of the molecule is Cc1cccc(C(=O)Oc2cccc(C3(c4cccc(OC(=O)c5cccc(C)c5)c4)CCCCC3)c2)c1. The second-order valence-corrected chi connectivity index (χ2v) is 10.2. The van der Waals surface area contributed by atoms with Gasteiger partial charge in [0.2, 0.25) is 0 Å². The molecule has 0 aromatic heterocycles. The average molecular weight is 505 g/mol. The van der Waals surface area contributed by atoms with Gasteiger partial charge in [-0.2, -0.15) is 0 Å². The van der Waals surface area contributed by atoms with Gasteiger partial charge in [0.1, 0.15) is 11.5 Å². The molecule has 4 heteroatoms. The first-order chi connectivity index (χ1) is 18.4. The van der Waals surface area contributed by atoms with Crippen molar-refractivity contribution in [3.63, 3.8) is 0 Å². The Kier molecular flexibility index (Phi) is 7.41. The summed E-state index contributed by atoms with van der Waals surface area (Å²) in [6.45, 7) is 3.91. The maximum absolute atomic E-state index is 12.8. The van der Waals surface area contributed by atoms with E-state index in [1.54, 1.807) is 12.1 Å². The van der Waals surface area contributed by atoms with Crippen LogP contribution in [0.2, 0.25) is 0 Å². The largest absolute Gasteiger partial charge is 0.423 e. The number of hydrogen-bond acceptors (Lipinski definition) is 4. The van der Waals surface area contributed by atoms with Crippen molar-refractivity contribution in [2.75, 3.05) is 0 Å². The minimum Gasteiger partial charge on any atom is -0.423 e. The first kappa shape index (κ1) is 25.5. The average Bonchev–Trinajstić information content (AvgIpc) is 2.94. The van der Waals surface area contributed by atoms with E-state index in [0.29, 0.717) is 22.6 Å². The molecule has 0 spiro atoms. The van der Waals surface area contributed by atoms with Gasteiger partial charge in [-0.3, -0.25) is 0 Å². The molecule has 1 aliphatic carbocycles. The van der Waals surface area contributed by atoms with Gasteiger partial charge in [-0.15, -0.1) is 0 Å². The summed E-state index contributed by atoms with van der Waals surface area (Å²) in [5, 5.41) is 0. The standard InChI is InChI=1S/C34H32O4/c1-24-10-6-12-26(20-24)32(35)37-30-16-8-14-28(22-30)34(18-4-3-5-19-34)29-15-9-17-31(23-29)38-33(36)27-13-7-11-25(2)21-27/h6-17,20-23H,3-5,18-19H2,1-2H3. The maximum atomic E-state index is 12.8. The number of hydrogen-bond donors (Lipinski definition) is 0. The zero-order valence-electron chi connectivity index (χ0n) is 21.9. The summed E-state index contributed by atoms with van der Waals surface area (Å²) < 4.78 is 11.6. The van der Waals surface area contributed by atoms with Crippen LogP contribution in [0.25, 0.3) is 0 Å². The second kappa shape index (κ2) is 11.1. The Hall–Kier alpha value is -4.18. The number of ether oxygens (including phenoxy) is 2. The lowest BCUT2D eigenvalue weighted by molar-refractivity contribution is 0.0725. The molecule has 1 saturated carbocycles. The van der Waals surface area contributed by atoms with E-state index in [9.17, 15) is 9.59 Å². The summed E-state index contributed by atoms with van der Waals surface area (Å²) in [5.74, 6) is 0.323. The molecule has 4 nitrogen and oxygen atoms in total. The molecular formula is C34H32O4. The van der Waals surface area contributed by atoms with Gasteiger partial charge in [0.15, 0.2) is 0 Å². The molecule has 0 atom stereocenters. The van der Waals surface area contributed by atoms with Crippen molar-refractivity contribution in [3.05, 3.63) is 130 Å². The van der Waals surface area contributed by atoms with Gasteiger partial charge < -0.3 is 9.47 Å². The quantitative estimate of drug-likeness (QED) is 0.197. The third-order valence-electron chi connectivity index (χ3n) is 7.41. The maximum Gasteiger partial charge on any atom is 0.343 e. The Labute approximate surface area is 224 Å². The predicted octanol–water partition coefficient (Wildman–Crippen LogP) is 7.99. The molecule has 0 unspecified atom stereocenters. The van der Waals surface area contributed by atoms with Crippen LogP contribution in [0.3, 0.4) is 0 Å². The molecule has 0 saturated heterocycles. The van der Waals surface area contributed by atoms with Gasteiger partial charge in [0.05, 0.1) is 11.1 Å². The Morgan fingerprint density at radius 2 is 1.03 bits per heavy atom. The number of carbonyl (C=O) groups is 2. The first-order valence-corrected chi connectivity index (χ1v) is 13.2. The molecule has 192 valence electrons. The molecule has 4 aromatic carbocycles. The molecule has 4 aromatic rings. The number of esters is 2. The molecule has 1 fully saturated rings. The Morgan fingerprint density at radius 1 is 0.579 bits per heavy atom. The van der Waals surface area contributed by atoms with Crippen LogP contribution in [0.4, 0.5) is 0 Å². The Bertz CT molecular complexity index is 1360. The minimum atomic E-state index is -0.367. The molecule has 0 amide bonds. The molecule has 1 aliphatic rings. The predicted molar refractivity (Wildman–Crippen MR) is 149 cm³/mol. The zero-order chi connectivity index (χ0) is 26.5. The lowest BCUT2D eigenvalue weighted by atomic mass is 9.65. The number of aryl methyl sites for hydroxylation is 2. The van der Waals surface area contributed by atoms with Crippen LogP contribution in [-0.2, 0) is 5.41 Å². The molecule has 0 aliphatic heterocycles. The summed E-state index contributed by atoms with van der Waals surface area (Å²) in [5.41, 5.74) is 5.05. The lowest BCUT2D eigenvalue weighted by Crippen LogP contribution is -2.30. The van der Waals surface area contributed by atoms with E-state index in [-0.39, 0.29) is 17.4 Å². The smallest absolute Gasteiger partial charge is 0.343 e. The molecular weight excluding hydrogens is 472 g/mol. The van der Waals surface area contributed by atoms with Crippen LogP contribution in [0.1, 0.15) is 75.1 Å². The highest BCUT2D eigenvalue weighted by Crippen LogP contribution is 2.46. The van der Waals surface area contributed by atoms with Gasteiger partial charge in [0, 0.05) is 5.41 Å². The van der Waals surface area contributed by atoms with Crippen molar-refractivity contribution in [3.8, 4) is 11.5 Å². The van der Waals surface area contributed by atoms with E-state index >= 15 is 0 Å². The van der Waals surface area contributed by atoms with Crippen LogP contribution in [0.5, 0.6) is 11.5 Å². The van der Waals surface area contributed by atoms with Gasteiger partial charge in [-0.05, 0) is 86.3 Å². The van der Waals surface area contributed by atoms with Crippen molar-refractivity contribution < 1.29 is 19.1 Å². The number of carbonyl (C=O) groups excluding carboxylic acids is 2. The van der Waals surface area contributed by atoms with Gasteiger partial charge in [-0.1, -0.05) is 78.9 Å². The molecule has 0 radical (unpaired) electrons. The Morgan fingerprint density at radius 3 is 1.47 bits per heavy atom. The fourth-order valence-corrected chi connectivity index (χ4v) is 5.49. The van der Waals surface area contributed by atoms with Crippen molar-refractivity contribution in [2.45, 2.75) is 51.4 Å². The molecule has 0 bridgehead atoms. The van der Waals surface area contributed by atoms with E-state index in [1.807, 2.05) is 86.6 Å². The fraction of sp³-hybridized carbons (Fsp3) is 0.235. The van der Waals surface area contributed by atoms with Crippen molar-refractivity contribution in [2.24, 2.45) is 0 Å². The summed E-state index contributed by atoms with van der Waals surface area (Å²) in [4.78, 5) is 25.6. The van der Waals surface area contributed by atoms with Crippen molar-refractivity contribution in [1.82, 2.24) is 0 Å². The van der Waals surface area contributed by atoms with Crippen LogP contribution in [0, 0.1) is 13.8 Å². The topological polar surface area (TPSA) is 52.6 Å². The van der Waals surface area contributed by atoms with Crippen LogP contribution >= 0.6 is 0 Å². The van der Waals surface area contributed by atoms with Gasteiger partial charge in [0.25, 0.3) is 0 Å². The first-order valence-electron chi connectivity index (χ1n) is 13.2. The van der Waals surface area contributed by atoms with E-state index in [2.05, 4.69) is 12.1 Å². The molecule has 0 heterocycles. The third-order valence-corrected chi connectivity index (χ3v) is 7.41. The monoisotopic (exact) mass is 504 g/mol. The van der Waals surface area contributed by atoms with E-state index in [1.165, 1.54) is 6.42 Å². The lowest BCUT2D eigenvalue weighted by Gasteiger charge is -2.39. The molecule has 0 N–H and O–H groups in total. The highest BCUT2D eigenvalue weighted by atomic mass is 16.5. The highest BCUT2D eigenvalue weighted by molar-refractivity contribution is 5.91. The summed E-state index contributed by atoms with van der Waals surface area (Å²) >= 11 is 0. The highest BCUT2D eigenvalue weighted by Gasteiger charge is 2.36. The van der Waals surface area contributed by atoms with E-state index < -0.39 is 0 Å². The second-order valence-electron chi connectivity index (χ2n) is 10.2. The normalized spacial score (nSPS) is 14.5. The van der Waals surface area contributed by atoms with Gasteiger partial charge in [-0.25, -0.2) is 9.59 Å². The van der Waals surface area contributed by atoms with Crippen LogP contribution in [0.15, 0.2) is 97.1 Å². The Balaban J connectivity index is 1.44. The molecule has 38 heavy (non-hydrogen) atoms. The summed E-state index contributed by atoms with van der Waals surface area (Å²) in [7, 11) is 0. The number of benzene rings is 4. The van der Waals surface area contributed by atoms with Crippen molar-refractivity contribution in [1.29, 1.82) is 0 Å². The fourth-order valence-electron chi connectivity index (χ4n) is 5.49. The van der Waals surface area contributed by atoms with E-state index in [0.717, 1.165) is 47.9 Å². The third kappa shape index (κ3) is 5.55. The molecule has 5 rings (SSSR count). The summed E-state index contributed by atoms with van der Waals surface area (Å²) in [6.07, 6.45) is 5.32.